The Kier molecular flexibility index (Phi) is 3.23. The Labute approximate surface area is 81.0 Å². The van der Waals surface area contributed by atoms with E-state index in [0.717, 1.165) is 12.5 Å². The zero-order valence-electron chi connectivity index (χ0n) is 8.59. The fourth-order valence-electron chi connectivity index (χ4n) is 2.18. The maximum Gasteiger partial charge on any atom is 0.0704 e. The normalized spacial score (nSPS) is 34.8. The van der Waals surface area contributed by atoms with E-state index >= 15 is 0 Å². The van der Waals surface area contributed by atoms with E-state index < -0.39 is 0 Å². The van der Waals surface area contributed by atoms with Gasteiger partial charge in [-0.1, -0.05) is 6.42 Å². The van der Waals surface area contributed by atoms with Gasteiger partial charge >= 0.3 is 0 Å². The molecular weight excluding hydrogens is 162 g/mol. The zero-order chi connectivity index (χ0) is 9.10. The number of hydrogen-bond donors (Lipinski definition) is 1. The summed E-state index contributed by atoms with van der Waals surface area (Å²) in [5.74, 6) is 0.971. The maximum absolute atomic E-state index is 5.73. The fourth-order valence-corrected chi connectivity index (χ4v) is 2.18. The maximum atomic E-state index is 5.73. The molecule has 1 heterocycles. The molecule has 2 atom stereocenters. The Morgan fingerprint density at radius 3 is 2.54 bits per heavy atom. The third-order valence-electron chi connectivity index (χ3n) is 3.35. The molecule has 13 heavy (non-hydrogen) atoms. The highest BCUT2D eigenvalue weighted by atomic mass is 16.5. The van der Waals surface area contributed by atoms with Crippen molar-refractivity contribution in [2.75, 3.05) is 13.1 Å². The van der Waals surface area contributed by atoms with Crippen LogP contribution in [-0.4, -0.2) is 25.3 Å². The molecule has 2 rings (SSSR count). The van der Waals surface area contributed by atoms with E-state index in [9.17, 15) is 0 Å². The molecule has 2 unspecified atom stereocenters. The molecule has 0 aromatic heterocycles. The monoisotopic (exact) mass is 183 g/mol. The van der Waals surface area contributed by atoms with E-state index in [1.807, 2.05) is 0 Å². The van der Waals surface area contributed by atoms with Crippen molar-refractivity contribution < 1.29 is 4.74 Å². The van der Waals surface area contributed by atoms with Crippen molar-refractivity contribution in [1.82, 2.24) is 5.32 Å². The Hall–Kier alpha value is -0.0800. The van der Waals surface area contributed by atoms with Crippen molar-refractivity contribution in [1.29, 1.82) is 0 Å². The lowest BCUT2D eigenvalue weighted by Gasteiger charge is -2.26. The van der Waals surface area contributed by atoms with Gasteiger partial charge in [-0.05, 0) is 45.1 Å². The zero-order valence-corrected chi connectivity index (χ0v) is 8.59. The first-order valence-corrected chi connectivity index (χ1v) is 5.71. The molecule has 2 heteroatoms. The van der Waals surface area contributed by atoms with Crippen LogP contribution in [0.2, 0.25) is 0 Å². The van der Waals surface area contributed by atoms with Crippen molar-refractivity contribution in [3.8, 4) is 0 Å². The Morgan fingerprint density at radius 2 is 2.00 bits per heavy atom. The van der Waals surface area contributed by atoms with Gasteiger partial charge in [0.05, 0.1) is 12.2 Å². The predicted molar refractivity (Wildman–Crippen MR) is 53.8 cm³/mol. The minimum atomic E-state index is 0.495. The van der Waals surface area contributed by atoms with Crippen LogP contribution in [0.1, 0.15) is 39.0 Å². The second-order valence-corrected chi connectivity index (χ2v) is 4.60. The van der Waals surface area contributed by atoms with Gasteiger partial charge in [-0.2, -0.15) is 0 Å². The first kappa shape index (κ1) is 9.47. The van der Waals surface area contributed by atoms with E-state index in [-0.39, 0.29) is 0 Å². The first-order valence-electron chi connectivity index (χ1n) is 5.71. The summed E-state index contributed by atoms with van der Waals surface area (Å²) in [6.45, 7) is 4.46. The van der Waals surface area contributed by atoms with Crippen LogP contribution in [0.5, 0.6) is 0 Å². The molecule has 2 fully saturated rings. The van der Waals surface area contributed by atoms with Gasteiger partial charge in [0, 0.05) is 6.54 Å². The number of nitrogens with one attached hydrogen (secondary N) is 1. The molecule has 2 aliphatic rings. The SMILES string of the molecule is CC1CCC(CNCC2CCC2)O1. The highest BCUT2D eigenvalue weighted by molar-refractivity contribution is 4.75. The van der Waals surface area contributed by atoms with Gasteiger partial charge in [0.15, 0.2) is 0 Å². The molecule has 0 bridgehead atoms. The molecule has 1 saturated heterocycles. The topological polar surface area (TPSA) is 21.3 Å². The molecule has 1 aliphatic carbocycles. The van der Waals surface area contributed by atoms with Crippen molar-refractivity contribution in [2.45, 2.75) is 51.2 Å². The predicted octanol–water partition coefficient (Wildman–Crippen LogP) is 1.94. The van der Waals surface area contributed by atoms with Crippen LogP contribution in [0.25, 0.3) is 0 Å². The van der Waals surface area contributed by atoms with Crippen molar-refractivity contribution in [3.63, 3.8) is 0 Å². The molecule has 1 saturated carbocycles. The third kappa shape index (κ3) is 2.68. The van der Waals surface area contributed by atoms with E-state index in [2.05, 4.69) is 12.2 Å². The standard InChI is InChI=1S/C11H21NO/c1-9-5-6-11(13-9)8-12-7-10-3-2-4-10/h9-12H,2-8H2,1H3. The molecule has 0 amide bonds. The third-order valence-corrected chi connectivity index (χ3v) is 3.35. The van der Waals surface area contributed by atoms with E-state index in [4.69, 9.17) is 4.74 Å². The summed E-state index contributed by atoms with van der Waals surface area (Å²) in [6.07, 6.45) is 7.81. The van der Waals surface area contributed by atoms with Gasteiger partial charge in [-0.25, -0.2) is 0 Å². The Bertz CT molecular complexity index is 156. The van der Waals surface area contributed by atoms with Crippen LogP contribution in [0, 0.1) is 5.92 Å². The lowest BCUT2D eigenvalue weighted by Crippen LogP contribution is -2.33. The van der Waals surface area contributed by atoms with Gasteiger partial charge in [0.2, 0.25) is 0 Å². The summed E-state index contributed by atoms with van der Waals surface area (Å²) in [7, 11) is 0. The van der Waals surface area contributed by atoms with E-state index in [1.54, 1.807) is 0 Å². The summed E-state index contributed by atoms with van der Waals surface area (Å²) in [4.78, 5) is 0. The molecule has 0 aromatic carbocycles. The molecule has 2 nitrogen and oxygen atoms in total. The minimum absolute atomic E-state index is 0.495. The average molecular weight is 183 g/mol. The highest BCUT2D eigenvalue weighted by Crippen LogP contribution is 2.25. The summed E-state index contributed by atoms with van der Waals surface area (Å²) < 4.78 is 5.73. The highest BCUT2D eigenvalue weighted by Gasteiger charge is 2.22. The lowest BCUT2D eigenvalue weighted by molar-refractivity contribution is 0.0549. The second-order valence-electron chi connectivity index (χ2n) is 4.60. The fraction of sp³-hybridized carbons (Fsp3) is 1.00. The summed E-state index contributed by atoms with van der Waals surface area (Å²) in [6, 6.07) is 0. The summed E-state index contributed by atoms with van der Waals surface area (Å²) in [5, 5.41) is 3.52. The van der Waals surface area contributed by atoms with Crippen LogP contribution >= 0.6 is 0 Å². The van der Waals surface area contributed by atoms with Crippen LogP contribution in [0.3, 0.4) is 0 Å². The quantitative estimate of drug-likeness (QED) is 0.719. The summed E-state index contributed by atoms with van der Waals surface area (Å²) in [5.41, 5.74) is 0. The minimum Gasteiger partial charge on any atom is -0.374 e. The van der Waals surface area contributed by atoms with Gasteiger partial charge in [0.1, 0.15) is 0 Å². The largest absolute Gasteiger partial charge is 0.374 e. The average Bonchev–Trinajstić information content (AvgIpc) is 2.42. The van der Waals surface area contributed by atoms with Gasteiger partial charge < -0.3 is 10.1 Å². The van der Waals surface area contributed by atoms with Crippen LogP contribution in [0.4, 0.5) is 0 Å². The van der Waals surface area contributed by atoms with Gasteiger partial charge in [-0.15, -0.1) is 0 Å². The molecule has 0 radical (unpaired) electrons. The van der Waals surface area contributed by atoms with Crippen LogP contribution < -0.4 is 5.32 Å². The molecule has 1 N–H and O–H groups in total. The smallest absolute Gasteiger partial charge is 0.0704 e. The number of hydrogen-bond acceptors (Lipinski definition) is 2. The van der Waals surface area contributed by atoms with Crippen molar-refractivity contribution in [3.05, 3.63) is 0 Å². The molecular formula is C11H21NO. The van der Waals surface area contributed by atoms with Crippen LogP contribution in [-0.2, 0) is 4.74 Å². The van der Waals surface area contributed by atoms with Crippen molar-refractivity contribution >= 4 is 0 Å². The Balaban J connectivity index is 1.52. The van der Waals surface area contributed by atoms with Crippen molar-refractivity contribution in [2.24, 2.45) is 5.92 Å². The van der Waals surface area contributed by atoms with E-state index in [1.165, 1.54) is 38.6 Å². The molecule has 1 aliphatic heterocycles. The Morgan fingerprint density at radius 1 is 1.15 bits per heavy atom. The van der Waals surface area contributed by atoms with Crippen LogP contribution in [0.15, 0.2) is 0 Å². The molecule has 0 aromatic rings. The lowest BCUT2D eigenvalue weighted by atomic mass is 9.85. The number of ether oxygens (including phenoxy) is 1. The first-order chi connectivity index (χ1) is 6.34. The molecule has 76 valence electrons. The van der Waals surface area contributed by atoms with E-state index in [0.29, 0.717) is 12.2 Å². The summed E-state index contributed by atoms with van der Waals surface area (Å²) >= 11 is 0. The molecule has 0 spiro atoms. The second kappa shape index (κ2) is 4.43. The van der Waals surface area contributed by atoms with Gasteiger partial charge in [-0.3, -0.25) is 0 Å². The number of rotatable bonds is 4. The van der Waals surface area contributed by atoms with Gasteiger partial charge in [0.25, 0.3) is 0 Å².